The van der Waals surface area contributed by atoms with Crippen LogP contribution in [0.15, 0.2) is 0 Å². The second-order valence-electron chi connectivity index (χ2n) is 6.02. The van der Waals surface area contributed by atoms with Crippen LogP contribution in [-0.4, -0.2) is 52.8 Å². The molecule has 1 unspecified atom stereocenters. The normalized spacial score (nSPS) is 21.1. The SMILES string of the molecule is CC(=O)N(C(C)C)C1CCN(C(=O)[C@@H](N)C(C)C)C1. The summed E-state index contributed by atoms with van der Waals surface area (Å²) in [5.41, 5.74) is 5.91. The van der Waals surface area contributed by atoms with E-state index < -0.39 is 6.04 Å². The molecule has 2 N–H and O–H groups in total. The molecule has 110 valence electrons. The molecule has 0 aromatic rings. The predicted molar refractivity (Wildman–Crippen MR) is 75.5 cm³/mol. The van der Waals surface area contributed by atoms with Crippen LogP contribution in [-0.2, 0) is 9.59 Å². The minimum Gasteiger partial charge on any atom is -0.339 e. The van der Waals surface area contributed by atoms with Gasteiger partial charge in [-0.3, -0.25) is 9.59 Å². The van der Waals surface area contributed by atoms with E-state index in [9.17, 15) is 9.59 Å². The molecule has 1 heterocycles. The lowest BCUT2D eigenvalue weighted by Crippen LogP contribution is -2.48. The summed E-state index contributed by atoms with van der Waals surface area (Å²) >= 11 is 0. The highest BCUT2D eigenvalue weighted by atomic mass is 16.2. The molecule has 5 heteroatoms. The van der Waals surface area contributed by atoms with Gasteiger partial charge in [-0.05, 0) is 26.2 Å². The minimum atomic E-state index is -0.441. The van der Waals surface area contributed by atoms with Crippen molar-refractivity contribution in [1.82, 2.24) is 9.80 Å². The van der Waals surface area contributed by atoms with Crippen LogP contribution in [0.5, 0.6) is 0 Å². The van der Waals surface area contributed by atoms with E-state index in [0.29, 0.717) is 13.1 Å². The molecule has 0 spiro atoms. The van der Waals surface area contributed by atoms with Crippen LogP contribution in [0.3, 0.4) is 0 Å². The average molecular weight is 269 g/mol. The first-order valence-electron chi connectivity index (χ1n) is 7.09. The highest BCUT2D eigenvalue weighted by Crippen LogP contribution is 2.19. The number of hydrogen-bond acceptors (Lipinski definition) is 3. The standard InChI is InChI=1S/C14H27N3O2/c1-9(2)13(15)14(19)16-7-6-12(8-16)17(10(3)4)11(5)18/h9-10,12-13H,6-8,15H2,1-5H3/t12?,13-/m0/s1. The Morgan fingerprint density at radius 2 is 1.84 bits per heavy atom. The molecule has 1 saturated heterocycles. The van der Waals surface area contributed by atoms with E-state index in [1.165, 1.54) is 0 Å². The molecule has 19 heavy (non-hydrogen) atoms. The number of rotatable bonds is 4. The molecule has 0 aromatic heterocycles. The van der Waals surface area contributed by atoms with E-state index in [2.05, 4.69) is 0 Å². The smallest absolute Gasteiger partial charge is 0.239 e. The Bertz CT molecular complexity index is 342. The van der Waals surface area contributed by atoms with Crippen molar-refractivity contribution in [3.63, 3.8) is 0 Å². The number of carbonyl (C=O) groups is 2. The lowest BCUT2D eigenvalue weighted by molar-refractivity contribution is -0.136. The first-order chi connectivity index (χ1) is 8.75. The molecule has 1 aliphatic heterocycles. The Hall–Kier alpha value is -1.10. The molecule has 2 amide bonds. The quantitative estimate of drug-likeness (QED) is 0.822. The van der Waals surface area contributed by atoms with Gasteiger partial charge in [0, 0.05) is 26.1 Å². The topological polar surface area (TPSA) is 66.6 Å². The zero-order chi connectivity index (χ0) is 14.7. The third kappa shape index (κ3) is 3.69. The van der Waals surface area contributed by atoms with Gasteiger partial charge >= 0.3 is 0 Å². The van der Waals surface area contributed by atoms with Crippen molar-refractivity contribution in [1.29, 1.82) is 0 Å². The van der Waals surface area contributed by atoms with Crippen molar-refractivity contribution in [2.45, 2.75) is 59.2 Å². The van der Waals surface area contributed by atoms with Gasteiger partial charge in [-0.1, -0.05) is 13.8 Å². The number of likely N-dealkylation sites (tertiary alicyclic amines) is 1. The van der Waals surface area contributed by atoms with Crippen molar-refractivity contribution >= 4 is 11.8 Å². The van der Waals surface area contributed by atoms with Crippen molar-refractivity contribution < 1.29 is 9.59 Å². The van der Waals surface area contributed by atoms with Gasteiger partial charge in [0.15, 0.2) is 0 Å². The van der Waals surface area contributed by atoms with Crippen molar-refractivity contribution in [3.8, 4) is 0 Å². The predicted octanol–water partition coefficient (Wildman–Crippen LogP) is 0.828. The van der Waals surface area contributed by atoms with Gasteiger partial charge in [0.25, 0.3) is 0 Å². The summed E-state index contributed by atoms with van der Waals surface area (Å²) in [4.78, 5) is 27.5. The zero-order valence-corrected chi connectivity index (χ0v) is 12.7. The Labute approximate surface area is 116 Å². The van der Waals surface area contributed by atoms with Crippen LogP contribution in [0.1, 0.15) is 41.0 Å². The summed E-state index contributed by atoms with van der Waals surface area (Å²) in [6, 6.07) is -0.152. The summed E-state index contributed by atoms with van der Waals surface area (Å²) in [6.07, 6.45) is 0.842. The molecule has 1 aliphatic rings. The molecule has 0 radical (unpaired) electrons. The number of nitrogens with two attached hydrogens (primary N) is 1. The van der Waals surface area contributed by atoms with E-state index in [-0.39, 0.29) is 29.8 Å². The molecule has 5 nitrogen and oxygen atoms in total. The largest absolute Gasteiger partial charge is 0.339 e. The monoisotopic (exact) mass is 269 g/mol. The summed E-state index contributed by atoms with van der Waals surface area (Å²) in [5.74, 6) is 0.216. The van der Waals surface area contributed by atoms with Gasteiger partial charge in [0.2, 0.25) is 11.8 Å². The molecule has 0 saturated carbocycles. The van der Waals surface area contributed by atoms with Gasteiger partial charge in [-0.15, -0.1) is 0 Å². The Kier molecular flexibility index (Phi) is 5.35. The highest BCUT2D eigenvalue weighted by molar-refractivity contribution is 5.82. The van der Waals surface area contributed by atoms with Crippen molar-refractivity contribution in [2.24, 2.45) is 11.7 Å². The number of carbonyl (C=O) groups excluding carboxylic acids is 2. The van der Waals surface area contributed by atoms with E-state index >= 15 is 0 Å². The van der Waals surface area contributed by atoms with Gasteiger partial charge in [-0.2, -0.15) is 0 Å². The highest BCUT2D eigenvalue weighted by Gasteiger charge is 2.34. The van der Waals surface area contributed by atoms with Crippen LogP contribution in [0.2, 0.25) is 0 Å². The molecule has 0 bridgehead atoms. The maximum Gasteiger partial charge on any atom is 0.239 e. The fraction of sp³-hybridized carbons (Fsp3) is 0.857. The van der Waals surface area contributed by atoms with Gasteiger partial charge < -0.3 is 15.5 Å². The molecule has 2 atom stereocenters. The molecule has 0 aliphatic carbocycles. The van der Waals surface area contributed by atoms with Crippen LogP contribution >= 0.6 is 0 Å². The minimum absolute atomic E-state index is 0.00441. The van der Waals surface area contributed by atoms with Gasteiger partial charge in [0.05, 0.1) is 12.1 Å². The van der Waals surface area contributed by atoms with Crippen molar-refractivity contribution in [2.75, 3.05) is 13.1 Å². The van der Waals surface area contributed by atoms with Crippen LogP contribution < -0.4 is 5.73 Å². The van der Waals surface area contributed by atoms with Crippen LogP contribution in [0, 0.1) is 5.92 Å². The molecule has 1 fully saturated rings. The number of amides is 2. The van der Waals surface area contributed by atoms with Crippen molar-refractivity contribution in [3.05, 3.63) is 0 Å². The number of nitrogens with zero attached hydrogens (tertiary/aromatic N) is 2. The Morgan fingerprint density at radius 1 is 1.26 bits per heavy atom. The fourth-order valence-electron chi connectivity index (χ4n) is 2.71. The molecule has 0 aromatic carbocycles. The second kappa shape index (κ2) is 6.37. The molecular weight excluding hydrogens is 242 g/mol. The first-order valence-corrected chi connectivity index (χ1v) is 7.09. The van der Waals surface area contributed by atoms with Crippen LogP contribution in [0.25, 0.3) is 0 Å². The maximum absolute atomic E-state index is 12.2. The van der Waals surface area contributed by atoms with E-state index in [4.69, 9.17) is 5.73 Å². The van der Waals surface area contributed by atoms with Gasteiger partial charge in [-0.25, -0.2) is 0 Å². The summed E-state index contributed by atoms with van der Waals surface area (Å²) in [7, 11) is 0. The Balaban J connectivity index is 2.67. The third-order valence-electron chi connectivity index (χ3n) is 3.79. The van der Waals surface area contributed by atoms with Crippen LogP contribution in [0.4, 0.5) is 0 Å². The van der Waals surface area contributed by atoms with E-state index in [1.807, 2.05) is 32.6 Å². The van der Waals surface area contributed by atoms with Gasteiger partial charge in [0.1, 0.15) is 0 Å². The van der Waals surface area contributed by atoms with E-state index in [0.717, 1.165) is 6.42 Å². The number of hydrogen-bond donors (Lipinski definition) is 1. The summed E-state index contributed by atoms with van der Waals surface area (Å²) in [5, 5.41) is 0. The van der Waals surface area contributed by atoms with E-state index in [1.54, 1.807) is 11.8 Å². The first kappa shape index (κ1) is 16.0. The molecule has 1 rings (SSSR count). The lowest BCUT2D eigenvalue weighted by atomic mass is 10.0. The third-order valence-corrected chi connectivity index (χ3v) is 3.79. The fourth-order valence-corrected chi connectivity index (χ4v) is 2.71. The lowest BCUT2D eigenvalue weighted by Gasteiger charge is -2.32. The summed E-state index contributed by atoms with van der Waals surface area (Å²) < 4.78 is 0. The maximum atomic E-state index is 12.2. The Morgan fingerprint density at radius 3 is 2.26 bits per heavy atom. The molecular formula is C14H27N3O2. The second-order valence-corrected chi connectivity index (χ2v) is 6.02. The zero-order valence-electron chi connectivity index (χ0n) is 12.7. The average Bonchev–Trinajstić information content (AvgIpc) is 2.75. The summed E-state index contributed by atoms with van der Waals surface area (Å²) in [6.45, 7) is 10.8.